The molecule has 0 saturated heterocycles. The van der Waals surface area contributed by atoms with Crippen molar-refractivity contribution in [1.29, 1.82) is 0 Å². The molecule has 0 amide bonds. The lowest BCUT2D eigenvalue weighted by molar-refractivity contribution is 0.355. The van der Waals surface area contributed by atoms with Crippen LogP contribution in [0.25, 0.3) is 22.1 Å². The van der Waals surface area contributed by atoms with Gasteiger partial charge in [-0.2, -0.15) is 0 Å². The summed E-state index contributed by atoms with van der Waals surface area (Å²) >= 11 is 0. The lowest BCUT2D eigenvalue weighted by Crippen LogP contribution is -2.07. The quantitative estimate of drug-likeness (QED) is 0.730. The second kappa shape index (κ2) is 6.28. The maximum Gasteiger partial charge on any atom is 0.200 e. The molecule has 0 radical (unpaired) electrons. The second-order valence-corrected chi connectivity index (χ2v) is 5.29. The minimum Gasteiger partial charge on any atom is -0.497 e. The number of fused-ring (bicyclic) bond motifs is 1. The summed E-state index contributed by atoms with van der Waals surface area (Å²) in [5.74, 6) is 2.34. The van der Waals surface area contributed by atoms with Crippen molar-refractivity contribution in [3.63, 3.8) is 0 Å². The van der Waals surface area contributed by atoms with Gasteiger partial charge in [-0.05, 0) is 36.8 Å². The minimum absolute atomic E-state index is 0.0939. The van der Waals surface area contributed by atoms with E-state index in [1.54, 1.807) is 58.6 Å². The molecule has 0 saturated carbocycles. The zero-order valence-corrected chi connectivity index (χ0v) is 14.0. The van der Waals surface area contributed by atoms with E-state index in [4.69, 9.17) is 18.6 Å². The van der Waals surface area contributed by atoms with Gasteiger partial charge in [0.2, 0.25) is 5.43 Å². The Labute approximate surface area is 139 Å². The van der Waals surface area contributed by atoms with Crippen LogP contribution in [0.3, 0.4) is 0 Å². The predicted molar refractivity (Wildman–Crippen MR) is 92.3 cm³/mol. The molecule has 2 aromatic carbocycles. The number of benzene rings is 2. The van der Waals surface area contributed by atoms with Crippen LogP contribution < -0.4 is 19.6 Å². The van der Waals surface area contributed by atoms with Crippen molar-refractivity contribution in [3.05, 3.63) is 52.4 Å². The van der Waals surface area contributed by atoms with Crippen molar-refractivity contribution in [2.24, 2.45) is 0 Å². The van der Waals surface area contributed by atoms with Gasteiger partial charge in [0.05, 0.1) is 32.3 Å². The largest absolute Gasteiger partial charge is 0.497 e. The van der Waals surface area contributed by atoms with E-state index >= 15 is 0 Å². The maximum atomic E-state index is 12.9. The van der Waals surface area contributed by atoms with E-state index in [9.17, 15) is 4.79 Å². The molecule has 0 aliphatic carbocycles. The standard InChI is InChI=1S/C19H18O5/c1-11-18(12-5-8-15(22-3)17(9-12)23-4)19(20)14-7-6-13(21-2)10-16(14)24-11/h5-10H,1-4H3. The van der Waals surface area contributed by atoms with E-state index in [2.05, 4.69) is 0 Å². The van der Waals surface area contributed by atoms with E-state index in [0.29, 0.717) is 39.5 Å². The van der Waals surface area contributed by atoms with Crippen LogP contribution in [0.2, 0.25) is 0 Å². The molecule has 0 unspecified atom stereocenters. The number of rotatable bonds is 4. The van der Waals surface area contributed by atoms with Crippen LogP contribution in [0.5, 0.6) is 17.2 Å². The summed E-state index contributed by atoms with van der Waals surface area (Å²) < 4.78 is 21.6. The topological polar surface area (TPSA) is 57.9 Å². The van der Waals surface area contributed by atoms with Crippen LogP contribution in [-0.4, -0.2) is 21.3 Å². The van der Waals surface area contributed by atoms with Gasteiger partial charge in [0.25, 0.3) is 0 Å². The molecule has 124 valence electrons. The molecule has 0 spiro atoms. The van der Waals surface area contributed by atoms with Gasteiger partial charge in [-0.15, -0.1) is 0 Å². The molecule has 1 heterocycles. The highest BCUT2D eigenvalue weighted by atomic mass is 16.5. The average molecular weight is 326 g/mol. The first-order valence-electron chi connectivity index (χ1n) is 7.43. The molecule has 0 aliphatic rings. The molecule has 3 rings (SSSR count). The predicted octanol–water partition coefficient (Wildman–Crippen LogP) is 3.79. The van der Waals surface area contributed by atoms with Crippen molar-refractivity contribution in [3.8, 4) is 28.4 Å². The van der Waals surface area contributed by atoms with Gasteiger partial charge in [-0.3, -0.25) is 4.79 Å². The van der Waals surface area contributed by atoms with Gasteiger partial charge in [0.1, 0.15) is 17.1 Å². The van der Waals surface area contributed by atoms with Gasteiger partial charge >= 0.3 is 0 Å². The number of hydrogen-bond donors (Lipinski definition) is 0. The normalized spacial score (nSPS) is 10.7. The first-order chi connectivity index (χ1) is 11.6. The van der Waals surface area contributed by atoms with Crippen LogP contribution in [-0.2, 0) is 0 Å². The summed E-state index contributed by atoms with van der Waals surface area (Å²) in [6, 6.07) is 10.5. The van der Waals surface area contributed by atoms with Gasteiger partial charge < -0.3 is 18.6 Å². The zero-order chi connectivity index (χ0) is 17.3. The van der Waals surface area contributed by atoms with Crippen molar-refractivity contribution in [1.82, 2.24) is 0 Å². The summed E-state index contributed by atoms with van der Waals surface area (Å²) in [6.45, 7) is 1.77. The molecular weight excluding hydrogens is 308 g/mol. The maximum absolute atomic E-state index is 12.9. The van der Waals surface area contributed by atoms with Gasteiger partial charge in [-0.1, -0.05) is 6.07 Å². The Morgan fingerprint density at radius 1 is 0.875 bits per heavy atom. The van der Waals surface area contributed by atoms with Gasteiger partial charge in [0.15, 0.2) is 11.5 Å². The Bertz CT molecular complexity index is 956. The Kier molecular flexibility index (Phi) is 4.16. The monoisotopic (exact) mass is 326 g/mol. The second-order valence-electron chi connectivity index (χ2n) is 5.29. The third kappa shape index (κ3) is 2.58. The highest BCUT2D eigenvalue weighted by Gasteiger charge is 2.16. The Hall–Kier alpha value is -2.95. The molecule has 0 atom stereocenters. The molecule has 0 fully saturated rings. The Balaban J connectivity index is 2.25. The van der Waals surface area contributed by atoms with E-state index in [-0.39, 0.29) is 5.43 Å². The molecule has 3 aromatic rings. The molecule has 5 heteroatoms. The smallest absolute Gasteiger partial charge is 0.200 e. The van der Waals surface area contributed by atoms with Crippen LogP contribution in [0, 0.1) is 6.92 Å². The summed E-state index contributed by atoms with van der Waals surface area (Å²) in [5.41, 5.74) is 1.63. The third-order valence-electron chi connectivity index (χ3n) is 3.95. The lowest BCUT2D eigenvalue weighted by Gasteiger charge is -2.11. The van der Waals surface area contributed by atoms with Crippen LogP contribution in [0.1, 0.15) is 5.76 Å². The van der Waals surface area contributed by atoms with Crippen molar-refractivity contribution in [2.75, 3.05) is 21.3 Å². The fourth-order valence-electron chi connectivity index (χ4n) is 2.74. The Morgan fingerprint density at radius 3 is 2.29 bits per heavy atom. The van der Waals surface area contributed by atoms with Crippen LogP contribution >= 0.6 is 0 Å². The highest BCUT2D eigenvalue weighted by molar-refractivity contribution is 5.84. The first kappa shape index (κ1) is 15.9. The lowest BCUT2D eigenvalue weighted by atomic mass is 10.0. The average Bonchev–Trinajstić information content (AvgIpc) is 2.60. The molecule has 0 N–H and O–H groups in total. The summed E-state index contributed by atoms with van der Waals surface area (Å²) in [4.78, 5) is 12.9. The van der Waals surface area contributed by atoms with E-state index in [1.165, 1.54) is 0 Å². The third-order valence-corrected chi connectivity index (χ3v) is 3.95. The summed E-state index contributed by atoms with van der Waals surface area (Å²) in [5, 5.41) is 0.506. The fraction of sp³-hybridized carbons (Fsp3) is 0.211. The molecule has 0 bridgehead atoms. The Morgan fingerprint density at radius 2 is 1.62 bits per heavy atom. The molecule has 1 aromatic heterocycles. The molecule has 5 nitrogen and oxygen atoms in total. The zero-order valence-electron chi connectivity index (χ0n) is 14.0. The van der Waals surface area contributed by atoms with Gasteiger partial charge in [-0.25, -0.2) is 0 Å². The highest BCUT2D eigenvalue weighted by Crippen LogP contribution is 2.33. The first-order valence-corrected chi connectivity index (χ1v) is 7.43. The van der Waals surface area contributed by atoms with Crippen LogP contribution in [0.15, 0.2) is 45.6 Å². The number of ether oxygens (including phenoxy) is 3. The number of methoxy groups -OCH3 is 3. The number of aryl methyl sites for hydroxylation is 1. The minimum atomic E-state index is -0.0939. The number of hydrogen-bond acceptors (Lipinski definition) is 5. The van der Waals surface area contributed by atoms with E-state index in [1.807, 2.05) is 6.07 Å². The van der Waals surface area contributed by atoms with E-state index in [0.717, 1.165) is 5.56 Å². The van der Waals surface area contributed by atoms with Crippen LogP contribution in [0.4, 0.5) is 0 Å². The van der Waals surface area contributed by atoms with Gasteiger partial charge in [0, 0.05) is 6.07 Å². The fourth-order valence-corrected chi connectivity index (χ4v) is 2.74. The SMILES string of the molecule is COc1ccc2c(=O)c(-c3ccc(OC)c(OC)c3)c(C)oc2c1. The molecule has 24 heavy (non-hydrogen) atoms. The van der Waals surface area contributed by atoms with E-state index < -0.39 is 0 Å². The molecular formula is C19H18O5. The summed E-state index contributed by atoms with van der Waals surface area (Å²) in [6.07, 6.45) is 0. The summed E-state index contributed by atoms with van der Waals surface area (Å²) in [7, 11) is 4.70. The van der Waals surface area contributed by atoms with Crippen molar-refractivity contribution in [2.45, 2.75) is 6.92 Å². The molecule has 0 aliphatic heterocycles. The van der Waals surface area contributed by atoms with Crippen molar-refractivity contribution >= 4 is 11.0 Å². The van der Waals surface area contributed by atoms with Crippen molar-refractivity contribution < 1.29 is 18.6 Å².